The van der Waals surface area contributed by atoms with Crippen LogP contribution in [0.2, 0.25) is 0 Å². The Balaban J connectivity index is 2.46. The van der Waals surface area contributed by atoms with E-state index in [1.54, 1.807) is 24.3 Å². The summed E-state index contributed by atoms with van der Waals surface area (Å²) in [5.74, 6) is -0.493. The molecule has 0 fully saturated rings. The van der Waals surface area contributed by atoms with Crippen molar-refractivity contribution in [2.45, 2.75) is 0 Å². The van der Waals surface area contributed by atoms with Gasteiger partial charge in [-0.1, -0.05) is 12.1 Å². The van der Waals surface area contributed by atoms with Crippen LogP contribution in [0.15, 0.2) is 36.3 Å². The minimum atomic E-state index is -0.651. The zero-order valence-corrected chi connectivity index (χ0v) is 6.56. The number of ether oxygens (including phenoxy) is 2. The molecule has 13 heavy (non-hydrogen) atoms. The number of para-hydroxylation sites is 2. The molecule has 1 aromatic rings. The van der Waals surface area contributed by atoms with Gasteiger partial charge >= 0.3 is 5.97 Å². The lowest BCUT2D eigenvalue weighted by atomic mass is 10.3. The fraction of sp³-hybridized carbons (Fsp3) is 0. The van der Waals surface area contributed by atoms with Crippen molar-refractivity contribution in [3.05, 3.63) is 36.3 Å². The lowest BCUT2D eigenvalue weighted by Crippen LogP contribution is -2.02. The summed E-state index contributed by atoms with van der Waals surface area (Å²) < 4.78 is 9.72. The van der Waals surface area contributed by atoms with E-state index in [1.807, 2.05) is 0 Å². The van der Waals surface area contributed by atoms with Crippen molar-refractivity contribution in [3.63, 3.8) is 0 Å². The molecule has 0 atom stereocenters. The van der Waals surface area contributed by atoms with E-state index in [2.05, 4.69) is 0 Å². The van der Waals surface area contributed by atoms with Crippen molar-refractivity contribution in [3.8, 4) is 11.5 Å². The van der Waals surface area contributed by atoms with Gasteiger partial charge in [-0.25, -0.2) is 4.79 Å². The van der Waals surface area contributed by atoms with Crippen LogP contribution in [-0.2, 0) is 4.79 Å². The van der Waals surface area contributed by atoms with Crippen LogP contribution in [0.5, 0.6) is 11.5 Å². The van der Waals surface area contributed by atoms with E-state index in [1.165, 1.54) is 0 Å². The van der Waals surface area contributed by atoms with E-state index in [-0.39, 0.29) is 0 Å². The molecular weight excluding hydrogens is 172 g/mol. The van der Waals surface area contributed by atoms with Crippen molar-refractivity contribution in [1.29, 1.82) is 0 Å². The second-order valence-electron chi connectivity index (χ2n) is 2.45. The number of aliphatic hydroxyl groups is 1. The Hall–Kier alpha value is -1.97. The number of hydrogen-bond donors (Lipinski definition) is 1. The lowest BCUT2D eigenvalue weighted by Gasteiger charge is -2.03. The van der Waals surface area contributed by atoms with Crippen molar-refractivity contribution >= 4 is 5.97 Å². The van der Waals surface area contributed by atoms with Gasteiger partial charge in [0.1, 0.15) is 6.08 Å². The van der Waals surface area contributed by atoms with Crippen molar-refractivity contribution in [1.82, 2.24) is 0 Å². The van der Waals surface area contributed by atoms with E-state index in [9.17, 15) is 4.79 Å². The van der Waals surface area contributed by atoms with E-state index in [0.717, 1.165) is 6.08 Å². The van der Waals surface area contributed by atoms with E-state index in [4.69, 9.17) is 14.6 Å². The maximum Gasteiger partial charge on any atom is 0.343 e. The van der Waals surface area contributed by atoms with Crippen LogP contribution >= 0.6 is 0 Å². The summed E-state index contributed by atoms with van der Waals surface area (Å²) in [5, 5.41) is 9.04. The largest absolute Gasteiger partial charge is 0.481 e. The molecular formula is C9H6O4. The predicted molar refractivity (Wildman–Crippen MR) is 43.4 cm³/mol. The maximum absolute atomic E-state index is 10.9. The fourth-order valence-electron chi connectivity index (χ4n) is 1.000. The van der Waals surface area contributed by atoms with E-state index < -0.39 is 11.9 Å². The van der Waals surface area contributed by atoms with Crippen LogP contribution in [0, 0.1) is 0 Å². The van der Waals surface area contributed by atoms with Crippen LogP contribution < -0.4 is 9.47 Å². The number of rotatable bonds is 0. The number of carbonyl (C=O) groups is 1. The van der Waals surface area contributed by atoms with Crippen molar-refractivity contribution in [2.24, 2.45) is 0 Å². The molecule has 4 heteroatoms. The topological polar surface area (TPSA) is 55.8 Å². The molecule has 0 saturated carbocycles. The Morgan fingerprint density at radius 1 is 1.08 bits per heavy atom. The normalized spacial score (nSPS) is 14.8. The highest BCUT2D eigenvalue weighted by Crippen LogP contribution is 2.29. The standard InChI is InChI=1S/C9H6O4/c10-8-5-9(11)13-7-4-2-1-3-6(7)12-8/h1-5,10H. The van der Waals surface area contributed by atoms with E-state index >= 15 is 0 Å². The molecule has 66 valence electrons. The smallest absolute Gasteiger partial charge is 0.343 e. The average Bonchev–Trinajstić information content (AvgIpc) is 2.20. The molecule has 0 amide bonds. The first-order chi connectivity index (χ1) is 6.25. The predicted octanol–water partition coefficient (Wildman–Crippen LogP) is 1.38. The summed E-state index contributed by atoms with van der Waals surface area (Å²) in [7, 11) is 0. The van der Waals surface area contributed by atoms with Gasteiger partial charge in [0.15, 0.2) is 11.5 Å². The summed E-state index contributed by atoms with van der Waals surface area (Å²) in [5.41, 5.74) is 0. The average molecular weight is 178 g/mol. The highest BCUT2D eigenvalue weighted by Gasteiger charge is 2.15. The maximum atomic E-state index is 10.9. The summed E-state index contributed by atoms with van der Waals surface area (Å²) >= 11 is 0. The minimum absolute atomic E-state index is 0.299. The monoisotopic (exact) mass is 178 g/mol. The zero-order valence-electron chi connectivity index (χ0n) is 6.56. The van der Waals surface area contributed by atoms with Gasteiger partial charge in [-0.2, -0.15) is 0 Å². The quantitative estimate of drug-likeness (QED) is 0.481. The Morgan fingerprint density at radius 3 is 2.38 bits per heavy atom. The highest BCUT2D eigenvalue weighted by molar-refractivity contribution is 5.85. The van der Waals surface area contributed by atoms with Gasteiger partial charge in [-0.3, -0.25) is 0 Å². The molecule has 0 spiro atoms. The molecule has 0 saturated heterocycles. The van der Waals surface area contributed by atoms with Crippen molar-refractivity contribution < 1.29 is 19.4 Å². The number of fused-ring (bicyclic) bond motifs is 1. The molecule has 1 aliphatic heterocycles. The molecule has 0 bridgehead atoms. The number of benzene rings is 1. The lowest BCUT2D eigenvalue weighted by molar-refractivity contribution is -0.129. The van der Waals surface area contributed by atoms with Crippen LogP contribution in [0.1, 0.15) is 0 Å². The molecule has 1 N–H and O–H groups in total. The van der Waals surface area contributed by atoms with Crippen LogP contribution in [-0.4, -0.2) is 11.1 Å². The molecule has 2 rings (SSSR count). The number of aliphatic hydroxyl groups excluding tert-OH is 1. The Morgan fingerprint density at radius 2 is 1.69 bits per heavy atom. The van der Waals surface area contributed by atoms with Gasteiger partial charge in [-0.05, 0) is 12.1 Å². The Kier molecular flexibility index (Phi) is 1.66. The first-order valence-corrected chi connectivity index (χ1v) is 3.65. The third kappa shape index (κ3) is 1.46. The summed E-state index contributed by atoms with van der Waals surface area (Å²) in [6.07, 6.45) is 0.875. The van der Waals surface area contributed by atoms with E-state index in [0.29, 0.717) is 11.5 Å². The van der Waals surface area contributed by atoms with Crippen LogP contribution in [0.25, 0.3) is 0 Å². The third-order valence-electron chi connectivity index (χ3n) is 1.52. The van der Waals surface area contributed by atoms with Gasteiger partial charge in [0, 0.05) is 0 Å². The minimum Gasteiger partial charge on any atom is -0.481 e. The van der Waals surface area contributed by atoms with Gasteiger partial charge in [0.25, 0.3) is 5.95 Å². The molecule has 0 unspecified atom stereocenters. The molecule has 1 aliphatic rings. The van der Waals surface area contributed by atoms with Gasteiger partial charge in [0.05, 0.1) is 0 Å². The first kappa shape index (κ1) is 7.67. The second-order valence-corrected chi connectivity index (χ2v) is 2.45. The van der Waals surface area contributed by atoms with Gasteiger partial charge in [0.2, 0.25) is 0 Å². The molecule has 4 nitrogen and oxygen atoms in total. The first-order valence-electron chi connectivity index (χ1n) is 3.65. The van der Waals surface area contributed by atoms with Gasteiger partial charge < -0.3 is 14.6 Å². The second kappa shape index (κ2) is 2.82. The molecule has 0 aromatic heterocycles. The Bertz CT molecular complexity index is 381. The summed E-state index contributed by atoms with van der Waals surface area (Å²) in [6.45, 7) is 0. The fourth-order valence-corrected chi connectivity index (χ4v) is 1.000. The van der Waals surface area contributed by atoms with Gasteiger partial charge in [-0.15, -0.1) is 0 Å². The molecule has 1 aromatic carbocycles. The third-order valence-corrected chi connectivity index (χ3v) is 1.52. The SMILES string of the molecule is O=C1C=C(O)Oc2ccccc2O1. The summed E-state index contributed by atoms with van der Waals surface area (Å²) in [6, 6.07) is 6.60. The van der Waals surface area contributed by atoms with Crippen LogP contribution in [0.3, 0.4) is 0 Å². The number of hydrogen-bond acceptors (Lipinski definition) is 4. The Labute approximate surface area is 74.0 Å². The van der Waals surface area contributed by atoms with Crippen molar-refractivity contribution in [2.75, 3.05) is 0 Å². The zero-order chi connectivity index (χ0) is 9.26. The highest BCUT2D eigenvalue weighted by atomic mass is 16.6. The number of esters is 1. The molecule has 0 aliphatic carbocycles. The molecule has 1 heterocycles. The summed E-state index contributed by atoms with van der Waals surface area (Å²) in [4.78, 5) is 10.9. The number of carbonyl (C=O) groups excluding carboxylic acids is 1. The van der Waals surface area contributed by atoms with Crippen LogP contribution in [0.4, 0.5) is 0 Å². The molecule has 0 radical (unpaired) electrons.